The number of anilines is 1. The molecule has 20 heavy (non-hydrogen) atoms. The lowest BCUT2D eigenvalue weighted by Gasteiger charge is -2.12. The Labute approximate surface area is 118 Å². The minimum atomic E-state index is -0.444. The fourth-order valence-corrected chi connectivity index (χ4v) is 1.81. The maximum Gasteiger partial charge on any atom is 0.340 e. The summed E-state index contributed by atoms with van der Waals surface area (Å²) >= 11 is 0. The molecule has 0 saturated carbocycles. The molecule has 4 heteroatoms. The van der Waals surface area contributed by atoms with Crippen LogP contribution in [0, 0.1) is 6.92 Å². The molecule has 0 bridgehead atoms. The van der Waals surface area contributed by atoms with E-state index in [2.05, 4.69) is 0 Å². The van der Waals surface area contributed by atoms with Crippen molar-refractivity contribution in [1.82, 2.24) is 0 Å². The van der Waals surface area contributed by atoms with Crippen LogP contribution in [0.15, 0.2) is 42.5 Å². The minimum absolute atomic E-state index is 0.286. The van der Waals surface area contributed by atoms with Gasteiger partial charge in [-0.05, 0) is 37.6 Å². The number of carbonyl (C=O) groups excluding carboxylic acids is 1. The maximum absolute atomic E-state index is 11.8. The lowest BCUT2D eigenvalue weighted by Crippen LogP contribution is -2.08. The largest absolute Gasteiger partial charge is 0.462 e. The van der Waals surface area contributed by atoms with Crippen molar-refractivity contribution in [1.29, 1.82) is 0 Å². The average Bonchev–Trinajstić information content (AvgIpc) is 2.43. The van der Waals surface area contributed by atoms with E-state index in [0.717, 1.165) is 5.56 Å². The number of hydrogen-bond donors (Lipinski definition) is 1. The molecule has 0 amide bonds. The van der Waals surface area contributed by atoms with Gasteiger partial charge in [0, 0.05) is 0 Å². The molecule has 0 saturated heterocycles. The van der Waals surface area contributed by atoms with Crippen LogP contribution >= 0.6 is 0 Å². The van der Waals surface area contributed by atoms with E-state index in [-0.39, 0.29) is 5.69 Å². The van der Waals surface area contributed by atoms with E-state index in [0.29, 0.717) is 23.7 Å². The maximum atomic E-state index is 11.8. The summed E-state index contributed by atoms with van der Waals surface area (Å²) in [5.41, 5.74) is 7.58. The molecule has 0 aliphatic heterocycles. The highest BCUT2D eigenvalue weighted by Gasteiger charge is 2.15. The van der Waals surface area contributed by atoms with E-state index in [1.807, 2.05) is 31.2 Å². The smallest absolute Gasteiger partial charge is 0.340 e. The topological polar surface area (TPSA) is 61.5 Å². The Kier molecular flexibility index (Phi) is 4.25. The molecule has 2 N–H and O–H groups in total. The fraction of sp³-hybridized carbons (Fsp3) is 0.188. The standard InChI is InChI=1S/C16H17NO3/c1-3-19-16(18)12-8-6-10-14(15(12)17)20-13-9-5-4-7-11(13)2/h4-10H,3,17H2,1-2H3. The monoisotopic (exact) mass is 271 g/mol. The van der Waals surface area contributed by atoms with Gasteiger partial charge < -0.3 is 15.2 Å². The summed E-state index contributed by atoms with van der Waals surface area (Å²) in [6.45, 7) is 4.00. The van der Waals surface area contributed by atoms with Crippen molar-refractivity contribution in [2.75, 3.05) is 12.3 Å². The summed E-state index contributed by atoms with van der Waals surface area (Å²) in [4.78, 5) is 11.8. The minimum Gasteiger partial charge on any atom is -0.462 e. The van der Waals surface area contributed by atoms with Crippen LogP contribution in [-0.4, -0.2) is 12.6 Å². The van der Waals surface area contributed by atoms with Crippen LogP contribution in [0.5, 0.6) is 11.5 Å². The van der Waals surface area contributed by atoms with Gasteiger partial charge in [-0.1, -0.05) is 24.3 Å². The zero-order chi connectivity index (χ0) is 14.5. The number of carbonyl (C=O) groups is 1. The Morgan fingerprint density at radius 3 is 2.50 bits per heavy atom. The van der Waals surface area contributed by atoms with Gasteiger partial charge >= 0.3 is 5.97 Å². The lowest BCUT2D eigenvalue weighted by molar-refractivity contribution is 0.0527. The first-order chi connectivity index (χ1) is 9.63. The number of ether oxygens (including phenoxy) is 2. The fourth-order valence-electron chi connectivity index (χ4n) is 1.81. The number of rotatable bonds is 4. The van der Waals surface area contributed by atoms with Gasteiger partial charge in [0.2, 0.25) is 0 Å². The summed E-state index contributed by atoms with van der Waals surface area (Å²) in [6, 6.07) is 12.7. The third-order valence-electron chi connectivity index (χ3n) is 2.87. The van der Waals surface area contributed by atoms with E-state index in [1.165, 1.54) is 0 Å². The van der Waals surface area contributed by atoms with Crippen LogP contribution in [0.4, 0.5) is 5.69 Å². The molecule has 0 unspecified atom stereocenters. The van der Waals surface area contributed by atoms with E-state index < -0.39 is 5.97 Å². The van der Waals surface area contributed by atoms with Crippen molar-refractivity contribution in [3.05, 3.63) is 53.6 Å². The van der Waals surface area contributed by atoms with Gasteiger partial charge in [0.05, 0.1) is 17.9 Å². The number of aryl methyl sites for hydroxylation is 1. The third kappa shape index (κ3) is 2.91. The first-order valence-corrected chi connectivity index (χ1v) is 6.42. The molecule has 0 radical (unpaired) electrons. The van der Waals surface area contributed by atoms with Gasteiger partial charge in [-0.2, -0.15) is 0 Å². The molecule has 0 aliphatic rings. The van der Waals surface area contributed by atoms with Gasteiger partial charge in [0.15, 0.2) is 5.75 Å². The molecule has 0 aliphatic carbocycles. The molecule has 104 valence electrons. The number of para-hydroxylation sites is 2. The average molecular weight is 271 g/mol. The van der Waals surface area contributed by atoms with E-state index in [1.54, 1.807) is 25.1 Å². The predicted molar refractivity (Wildman–Crippen MR) is 78.1 cm³/mol. The summed E-state index contributed by atoms with van der Waals surface area (Å²) in [5, 5.41) is 0. The van der Waals surface area contributed by atoms with Crippen LogP contribution < -0.4 is 10.5 Å². The molecule has 0 spiro atoms. The normalized spacial score (nSPS) is 10.1. The Morgan fingerprint density at radius 2 is 1.80 bits per heavy atom. The molecule has 0 heterocycles. The Balaban J connectivity index is 2.32. The molecule has 2 aromatic rings. The van der Waals surface area contributed by atoms with Gasteiger partial charge in [0.1, 0.15) is 5.75 Å². The first-order valence-electron chi connectivity index (χ1n) is 6.42. The van der Waals surface area contributed by atoms with Crippen LogP contribution in [0.2, 0.25) is 0 Å². The Morgan fingerprint density at radius 1 is 1.10 bits per heavy atom. The number of esters is 1. The zero-order valence-electron chi connectivity index (χ0n) is 11.6. The molecule has 4 nitrogen and oxygen atoms in total. The van der Waals surface area contributed by atoms with Crippen LogP contribution in [0.3, 0.4) is 0 Å². The van der Waals surface area contributed by atoms with E-state index in [4.69, 9.17) is 15.2 Å². The predicted octanol–water partition coefficient (Wildman–Crippen LogP) is 3.55. The van der Waals surface area contributed by atoms with Gasteiger partial charge in [0.25, 0.3) is 0 Å². The Bertz CT molecular complexity index is 623. The second kappa shape index (κ2) is 6.10. The van der Waals surface area contributed by atoms with Gasteiger partial charge in [-0.15, -0.1) is 0 Å². The van der Waals surface area contributed by atoms with Crippen molar-refractivity contribution in [2.24, 2.45) is 0 Å². The highest BCUT2D eigenvalue weighted by molar-refractivity contribution is 5.96. The summed E-state index contributed by atoms with van der Waals surface area (Å²) < 4.78 is 10.7. The third-order valence-corrected chi connectivity index (χ3v) is 2.87. The van der Waals surface area contributed by atoms with Crippen LogP contribution in [0.25, 0.3) is 0 Å². The molecule has 2 aromatic carbocycles. The number of nitrogen functional groups attached to an aromatic ring is 1. The van der Waals surface area contributed by atoms with Crippen molar-refractivity contribution in [3.8, 4) is 11.5 Å². The molecule has 2 rings (SSSR count). The van der Waals surface area contributed by atoms with Crippen molar-refractivity contribution in [2.45, 2.75) is 13.8 Å². The number of hydrogen-bond acceptors (Lipinski definition) is 4. The summed E-state index contributed by atoms with van der Waals surface area (Å²) in [5.74, 6) is 0.713. The van der Waals surface area contributed by atoms with Crippen molar-refractivity contribution < 1.29 is 14.3 Å². The quantitative estimate of drug-likeness (QED) is 0.682. The molecule has 0 fully saturated rings. The summed E-state index contributed by atoms with van der Waals surface area (Å²) in [6.07, 6.45) is 0. The van der Waals surface area contributed by atoms with E-state index >= 15 is 0 Å². The highest BCUT2D eigenvalue weighted by atomic mass is 16.5. The van der Waals surface area contributed by atoms with Crippen LogP contribution in [-0.2, 0) is 4.74 Å². The van der Waals surface area contributed by atoms with Crippen molar-refractivity contribution >= 4 is 11.7 Å². The zero-order valence-corrected chi connectivity index (χ0v) is 11.6. The molecule has 0 atom stereocenters. The molecular weight excluding hydrogens is 254 g/mol. The first kappa shape index (κ1) is 13.9. The second-order valence-corrected chi connectivity index (χ2v) is 4.31. The number of nitrogens with two attached hydrogens (primary N) is 1. The van der Waals surface area contributed by atoms with Crippen LogP contribution in [0.1, 0.15) is 22.8 Å². The number of benzene rings is 2. The van der Waals surface area contributed by atoms with Gasteiger partial charge in [-0.25, -0.2) is 4.79 Å². The lowest BCUT2D eigenvalue weighted by atomic mass is 10.1. The SMILES string of the molecule is CCOC(=O)c1cccc(Oc2ccccc2C)c1N. The summed E-state index contributed by atoms with van der Waals surface area (Å²) in [7, 11) is 0. The van der Waals surface area contributed by atoms with Gasteiger partial charge in [-0.3, -0.25) is 0 Å². The van der Waals surface area contributed by atoms with Crippen molar-refractivity contribution in [3.63, 3.8) is 0 Å². The molecular formula is C16H17NO3. The highest BCUT2D eigenvalue weighted by Crippen LogP contribution is 2.31. The van der Waals surface area contributed by atoms with E-state index in [9.17, 15) is 4.79 Å². The Hall–Kier alpha value is -2.49. The second-order valence-electron chi connectivity index (χ2n) is 4.31. The molecule has 0 aromatic heterocycles.